The Morgan fingerprint density at radius 3 is 2.83 bits per heavy atom. The first-order valence-corrected chi connectivity index (χ1v) is 6.89. The van der Waals surface area contributed by atoms with E-state index in [1.165, 1.54) is 5.56 Å². The molecule has 98 valence electrons. The Kier molecular flexibility index (Phi) is 3.22. The predicted octanol–water partition coefficient (Wildman–Crippen LogP) is 1.15. The summed E-state index contributed by atoms with van der Waals surface area (Å²) in [6, 6.07) is 4.32. The number of hydrogen-bond donors (Lipinski definition) is 1. The molecule has 4 nitrogen and oxygen atoms in total. The number of aliphatic hydroxyl groups excluding tert-OH is 1. The molecule has 1 N–H and O–H groups in total. The van der Waals surface area contributed by atoms with Crippen molar-refractivity contribution in [3.63, 3.8) is 0 Å². The maximum Gasteiger partial charge on any atom is 0.197 e. The highest BCUT2D eigenvalue weighted by atomic mass is 16.5. The molecule has 0 unspecified atom stereocenters. The van der Waals surface area contributed by atoms with E-state index in [0.717, 1.165) is 55.6 Å². The molecular weight excluding hydrogens is 228 g/mol. The standard InChI is InChI=1S/C14H20N2O2/c17-11-6-9-15(10-7-11)13-4-1-5-14-12(13)3-2-8-16(14)18/h2-3,8,11,13,17H,1,4-7,9-10H2/t13-/m0/s1. The van der Waals surface area contributed by atoms with Gasteiger partial charge in [0.05, 0.1) is 6.10 Å². The molecule has 0 aromatic carbocycles. The van der Waals surface area contributed by atoms with E-state index in [2.05, 4.69) is 11.0 Å². The second kappa shape index (κ2) is 4.86. The number of pyridine rings is 1. The average molecular weight is 248 g/mol. The van der Waals surface area contributed by atoms with Crippen LogP contribution in [0.1, 0.15) is 43.0 Å². The van der Waals surface area contributed by atoms with E-state index in [0.29, 0.717) is 6.04 Å². The topological polar surface area (TPSA) is 50.4 Å². The molecule has 1 aromatic rings. The Labute approximate surface area is 107 Å². The van der Waals surface area contributed by atoms with Gasteiger partial charge in [-0.3, -0.25) is 4.90 Å². The van der Waals surface area contributed by atoms with Crippen molar-refractivity contribution in [2.24, 2.45) is 0 Å². The molecule has 0 amide bonds. The van der Waals surface area contributed by atoms with Crippen LogP contribution in [0.3, 0.4) is 0 Å². The zero-order valence-electron chi connectivity index (χ0n) is 10.6. The van der Waals surface area contributed by atoms with E-state index < -0.39 is 0 Å². The van der Waals surface area contributed by atoms with Gasteiger partial charge in [0.25, 0.3) is 0 Å². The molecule has 1 aliphatic carbocycles. The summed E-state index contributed by atoms with van der Waals surface area (Å²) in [5.41, 5.74) is 2.15. The first kappa shape index (κ1) is 11.9. The lowest BCUT2D eigenvalue weighted by Crippen LogP contribution is -2.42. The summed E-state index contributed by atoms with van der Waals surface area (Å²) in [6.45, 7) is 1.89. The molecule has 0 spiro atoms. The van der Waals surface area contributed by atoms with E-state index in [1.807, 2.05) is 6.07 Å². The van der Waals surface area contributed by atoms with E-state index in [9.17, 15) is 10.3 Å². The molecule has 2 aliphatic rings. The molecule has 4 heteroatoms. The average Bonchev–Trinajstić information content (AvgIpc) is 2.40. The number of hydrogen-bond acceptors (Lipinski definition) is 3. The highest BCUT2D eigenvalue weighted by Crippen LogP contribution is 2.34. The van der Waals surface area contributed by atoms with Gasteiger partial charge >= 0.3 is 0 Å². The molecule has 3 rings (SSSR count). The largest absolute Gasteiger partial charge is 0.618 e. The minimum absolute atomic E-state index is 0.135. The molecule has 0 bridgehead atoms. The van der Waals surface area contributed by atoms with E-state index >= 15 is 0 Å². The zero-order valence-corrected chi connectivity index (χ0v) is 10.6. The van der Waals surface area contributed by atoms with Crippen LogP contribution in [0.2, 0.25) is 0 Å². The minimum atomic E-state index is -0.135. The normalized spacial score (nSPS) is 25.9. The smallest absolute Gasteiger partial charge is 0.197 e. The third-order valence-electron chi connectivity index (χ3n) is 4.29. The Hall–Kier alpha value is -1.13. The van der Waals surface area contributed by atoms with E-state index in [1.54, 1.807) is 6.20 Å². The number of rotatable bonds is 1. The van der Waals surface area contributed by atoms with Gasteiger partial charge in [-0.05, 0) is 31.7 Å². The van der Waals surface area contributed by atoms with Crippen molar-refractivity contribution in [3.8, 4) is 0 Å². The van der Waals surface area contributed by atoms with Crippen molar-refractivity contribution in [2.45, 2.75) is 44.2 Å². The van der Waals surface area contributed by atoms with Gasteiger partial charge in [-0.2, -0.15) is 4.73 Å². The van der Waals surface area contributed by atoms with Crippen molar-refractivity contribution in [3.05, 3.63) is 34.8 Å². The van der Waals surface area contributed by atoms with Gasteiger partial charge in [0.15, 0.2) is 11.9 Å². The maximum absolute atomic E-state index is 11.8. The Bertz CT molecular complexity index is 428. The lowest BCUT2D eigenvalue weighted by Gasteiger charge is -2.38. The fraction of sp³-hybridized carbons (Fsp3) is 0.643. The van der Waals surface area contributed by atoms with Gasteiger partial charge in [-0.25, -0.2) is 0 Å². The van der Waals surface area contributed by atoms with Crippen LogP contribution < -0.4 is 4.73 Å². The van der Waals surface area contributed by atoms with Crippen LogP contribution >= 0.6 is 0 Å². The van der Waals surface area contributed by atoms with E-state index in [4.69, 9.17) is 0 Å². The van der Waals surface area contributed by atoms with Crippen LogP contribution in [0, 0.1) is 5.21 Å². The third-order valence-corrected chi connectivity index (χ3v) is 4.29. The number of piperidine rings is 1. The predicted molar refractivity (Wildman–Crippen MR) is 67.9 cm³/mol. The zero-order chi connectivity index (χ0) is 12.5. The molecule has 1 aromatic heterocycles. The van der Waals surface area contributed by atoms with Crippen LogP contribution in [-0.2, 0) is 6.42 Å². The van der Waals surface area contributed by atoms with Crippen LogP contribution in [0.5, 0.6) is 0 Å². The maximum atomic E-state index is 11.8. The lowest BCUT2D eigenvalue weighted by atomic mass is 9.89. The number of likely N-dealkylation sites (tertiary alicyclic amines) is 1. The van der Waals surface area contributed by atoms with Gasteiger partial charge in [0.1, 0.15) is 0 Å². The van der Waals surface area contributed by atoms with Crippen molar-refractivity contribution in [1.82, 2.24) is 4.90 Å². The Balaban J connectivity index is 1.85. The number of aliphatic hydroxyl groups is 1. The number of nitrogens with zero attached hydrogens (tertiary/aromatic N) is 2. The molecule has 1 aliphatic heterocycles. The molecule has 2 heterocycles. The van der Waals surface area contributed by atoms with Crippen molar-refractivity contribution in [1.29, 1.82) is 0 Å². The van der Waals surface area contributed by atoms with Crippen LogP contribution in [0.25, 0.3) is 0 Å². The lowest BCUT2D eigenvalue weighted by molar-refractivity contribution is -0.615. The summed E-state index contributed by atoms with van der Waals surface area (Å²) < 4.78 is 1.03. The molecule has 0 saturated carbocycles. The third kappa shape index (κ3) is 2.10. The van der Waals surface area contributed by atoms with Crippen LogP contribution in [-0.4, -0.2) is 29.2 Å². The Morgan fingerprint density at radius 2 is 2.06 bits per heavy atom. The van der Waals surface area contributed by atoms with Gasteiger partial charge in [0.2, 0.25) is 0 Å². The van der Waals surface area contributed by atoms with Gasteiger partial charge in [-0.1, -0.05) is 0 Å². The summed E-state index contributed by atoms with van der Waals surface area (Å²) in [5, 5.41) is 21.4. The SMILES string of the molecule is [O-][n+]1cccc2c1CCC[C@@H]2N1CCC(O)CC1. The highest BCUT2D eigenvalue weighted by Gasteiger charge is 2.31. The van der Waals surface area contributed by atoms with Crippen molar-refractivity contribution in [2.75, 3.05) is 13.1 Å². The molecule has 0 radical (unpaired) electrons. The first-order chi connectivity index (χ1) is 8.75. The minimum Gasteiger partial charge on any atom is -0.618 e. The molecule has 1 saturated heterocycles. The van der Waals surface area contributed by atoms with Gasteiger partial charge < -0.3 is 10.3 Å². The number of aromatic nitrogens is 1. The quantitative estimate of drug-likeness (QED) is 0.599. The summed E-state index contributed by atoms with van der Waals surface area (Å²) >= 11 is 0. The molecule has 18 heavy (non-hydrogen) atoms. The van der Waals surface area contributed by atoms with Gasteiger partial charge in [-0.15, -0.1) is 0 Å². The van der Waals surface area contributed by atoms with Crippen molar-refractivity contribution >= 4 is 0 Å². The monoisotopic (exact) mass is 248 g/mol. The summed E-state index contributed by atoms with van der Waals surface area (Å²) in [4.78, 5) is 2.44. The fourth-order valence-electron chi connectivity index (χ4n) is 3.29. The molecule has 1 fully saturated rings. The Morgan fingerprint density at radius 1 is 1.28 bits per heavy atom. The van der Waals surface area contributed by atoms with Crippen LogP contribution in [0.4, 0.5) is 0 Å². The second-order valence-electron chi connectivity index (χ2n) is 5.41. The summed E-state index contributed by atoms with van der Waals surface area (Å²) in [5.74, 6) is 0. The first-order valence-electron chi connectivity index (χ1n) is 6.89. The summed E-state index contributed by atoms with van der Waals surface area (Å²) in [6.07, 6.45) is 6.29. The van der Waals surface area contributed by atoms with Gasteiger partial charge in [0, 0.05) is 37.2 Å². The molecular formula is C14H20N2O2. The fourth-order valence-corrected chi connectivity index (χ4v) is 3.29. The van der Waals surface area contributed by atoms with Crippen molar-refractivity contribution < 1.29 is 9.84 Å². The second-order valence-corrected chi connectivity index (χ2v) is 5.41. The van der Waals surface area contributed by atoms with Crippen LogP contribution in [0.15, 0.2) is 18.3 Å². The number of fused-ring (bicyclic) bond motifs is 1. The summed E-state index contributed by atoms with van der Waals surface area (Å²) in [7, 11) is 0. The van der Waals surface area contributed by atoms with E-state index in [-0.39, 0.29) is 6.10 Å². The molecule has 1 atom stereocenters. The highest BCUT2D eigenvalue weighted by molar-refractivity contribution is 5.23.